The summed E-state index contributed by atoms with van der Waals surface area (Å²) in [6, 6.07) is 9.88. The Morgan fingerprint density at radius 1 is 1.00 bits per heavy atom. The Balaban J connectivity index is 0.00000364. The summed E-state index contributed by atoms with van der Waals surface area (Å²) in [5, 5.41) is 6.67. The van der Waals surface area contributed by atoms with E-state index in [4.69, 9.17) is 4.74 Å². The highest BCUT2D eigenvalue weighted by molar-refractivity contribution is 14.0. The zero-order valence-electron chi connectivity index (χ0n) is 16.8. The van der Waals surface area contributed by atoms with Crippen LogP contribution in [0.2, 0.25) is 0 Å². The smallest absolute Gasteiger partial charge is 0.191 e. The van der Waals surface area contributed by atoms with Gasteiger partial charge in [-0.3, -0.25) is 4.99 Å². The Labute approximate surface area is 181 Å². The van der Waals surface area contributed by atoms with Gasteiger partial charge in [0, 0.05) is 39.8 Å². The first-order valence-corrected chi connectivity index (χ1v) is 9.89. The number of aliphatic imine (C=N–C) groups is 1. The summed E-state index contributed by atoms with van der Waals surface area (Å²) in [7, 11) is 1.81. The number of guanidine groups is 1. The third-order valence-electron chi connectivity index (χ3n) is 4.74. The summed E-state index contributed by atoms with van der Waals surface area (Å²) in [5.41, 5.74) is 0. The molecule has 0 aromatic heterocycles. The molecule has 2 rings (SSSR count). The van der Waals surface area contributed by atoms with Crippen molar-refractivity contribution in [1.82, 2.24) is 20.4 Å². The van der Waals surface area contributed by atoms with Gasteiger partial charge in [-0.2, -0.15) is 0 Å². The van der Waals surface area contributed by atoms with Crippen molar-refractivity contribution in [2.24, 2.45) is 4.99 Å². The molecule has 1 fully saturated rings. The Kier molecular flexibility index (Phi) is 13.3. The lowest BCUT2D eigenvalue weighted by molar-refractivity contribution is 0.136. The molecular weight excluding hydrogens is 453 g/mol. The van der Waals surface area contributed by atoms with Gasteiger partial charge in [0.15, 0.2) is 5.96 Å². The summed E-state index contributed by atoms with van der Waals surface area (Å²) in [4.78, 5) is 9.37. The highest BCUT2D eigenvalue weighted by atomic mass is 127. The number of piperazine rings is 1. The maximum absolute atomic E-state index is 5.67. The summed E-state index contributed by atoms with van der Waals surface area (Å²) < 4.78 is 5.67. The molecule has 0 bridgehead atoms. The average molecular weight is 489 g/mol. The first-order chi connectivity index (χ1) is 12.8. The molecule has 0 unspecified atom stereocenters. The van der Waals surface area contributed by atoms with Crippen molar-refractivity contribution in [1.29, 1.82) is 0 Å². The Morgan fingerprint density at radius 2 is 1.67 bits per heavy atom. The van der Waals surface area contributed by atoms with Crippen molar-refractivity contribution in [3.05, 3.63) is 30.3 Å². The van der Waals surface area contributed by atoms with E-state index in [2.05, 4.69) is 32.3 Å². The van der Waals surface area contributed by atoms with Crippen LogP contribution in [-0.4, -0.2) is 81.8 Å². The lowest BCUT2D eigenvalue weighted by atomic mass is 10.2. The molecule has 1 aromatic carbocycles. The molecule has 1 aliphatic heterocycles. The van der Waals surface area contributed by atoms with Gasteiger partial charge < -0.3 is 25.2 Å². The van der Waals surface area contributed by atoms with Crippen molar-refractivity contribution >= 4 is 29.9 Å². The first kappa shape index (κ1) is 24.0. The van der Waals surface area contributed by atoms with Crippen LogP contribution in [0.15, 0.2) is 35.3 Å². The van der Waals surface area contributed by atoms with Crippen LogP contribution in [-0.2, 0) is 0 Å². The molecule has 154 valence electrons. The fraction of sp³-hybridized carbons (Fsp3) is 0.650. The first-order valence-electron chi connectivity index (χ1n) is 9.89. The SMILES string of the molecule is CCN1CCN(CCCCNC(=NC)NCCOc2ccccc2)CC1.I. The van der Waals surface area contributed by atoms with Crippen LogP contribution in [0.25, 0.3) is 0 Å². The highest BCUT2D eigenvalue weighted by Crippen LogP contribution is 2.07. The minimum absolute atomic E-state index is 0. The van der Waals surface area contributed by atoms with Crippen molar-refractivity contribution in [2.45, 2.75) is 19.8 Å². The number of hydrogen-bond acceptors (Lipinski definition) is 4. The minimum atomic E-state index is 0. The Hall–Kier alpha value is -1.06. The molecule has 0 radical (unpaired) electrons. The largest absolute Gasteiger partial charge is 0.492 e. The van der Waals surface area contributed by atoms with Crippen molar-refractivity contribution in [2.75, 3.05) is 66.0 Å². The monoisotopic (exact) mass is 489 g/mol. The van der Waals surface area contributed by atoms with Gasteiger partial charge in [0.2, 0.25) is 0 Å². The number of nitrogens with one attached hydrogen (secondary N) is 2. The maximum Gasteiger partial charge on any atom is 0.191 e. The number of hydrogen-bond donors (Lipinski definition) is 2. The third kappa shape index (κ3) is 10.2. The zero-order valence-corrected chi connectivity index (χ0v) is 19.2. The van der Waals surface area contributed by atoms with Crippen LogP contribution in [0.3, 0.4) is 0 Å². The fourth-order valence-corrected chi connectivity index (χ4v) is 3.07. The van der Waals surface area contributed by atoms with Crippen LogP contribution in [0, 0.1) is 0 Å². The number of nitrogens with zero attached hydrogens (tertiary/aromatic N) is 3. The van der Waals surface area contributed by atoms with E-state index < -0.39 is 0 Å². The number of likely N-dealkylation sites (N-methyl/N-ethyl adjacent to an activating group) is 1. The summed E-state index contributed by atoms with van der Waals surface area (Å²) in [6.45, 7) is 11.8. The molecule has 1 aliphatic rings. The van der Waals surface area contributed by atoms with Gasteiger partial charge in [0.25, 0.3) is 0 Å². The van der Waals surface area contributed by atoms with Crippen molar-refractivity contribution in [3.8, 4) is 5.75 Å². The predicted octanol–water partition coefficient (Wildman–Crippen LogP) is 2.27. The van der Waals surface area contributed by atoms with Gasteiger partial charge in [0.05, 0.1) is 6.54 Å². The standard InChI is InChI=1S/C20H35N5O.HI/c1-3-24-14-16-25(17-15-24)13-8-7-11-22-20(21-2)23-12-18-26-19-9-5-4-6-10-19;/h4-6,9-10H,3,7-8,11-18H2,1-2H3,(H2,21,22,23);1H. The Morgan fingerprint density at radius 3 is 2.33 bits per heavy atom. The van der Waals surface area contributed by atoms with E-state index in [-0.39, 0.29) is 24.0 Å². The lowest BCUT2D eigenvalue weighted by Gasteiger charge is -2.34. The zero-order chi connectivity index (χ0) is 18.5. The molecule has 6 nitrogen and oxygen atoms in total. The lowest BCUT2D eigenvalue weighted by Crippen LogP contribution is -2.46. The van der Waals surface area contributed by atoms with E-state index in [1.165, 1.54) is 45.7 Å². The van der Waals surface area contributed by atoms with Gasteiger partial charge in [0.1, 0.15) is 12.4 Å². The maximum atomic E-state index is 5.67. The second kappa shape index (κ2) is 14.9. The Bertz CT molecular complexity index is 506. The van der Waals surface area contributed by atoms with Gasteiger partial charge in [-0.05, 0) is 38.1 Å². The van der Waals surface area contributed by atoms with Crippen LogP contribution in [0.4, 0.5) is 0 Å². The average Bonchev–Trinajstić information content (AvgIpc) is 2.70. The summed E-state index contributed by atoms with van der Waals surface area (Å²) >= 11 is 0. The molecule has 7 heteroatoms. The van der Waals surface area contributed by atoms with Crippen LogP contribution in [0.5, 0.6) is 5.75 Å². The quantitative estimate of drug-likeness (QED) is 0.229. The van der Waals surface area contributed by atoms with E-state index >= 15 is 0 Å². The molecule has 1 saturated heterocycles. The molecule has 1 aromatic rings. The van der Waals surface area contributed by atoms with E-state index in [1.807, 2.05) is 30.3 Å². The third-order valence-corrected chi connectivity index (χ3v) is 4.74. The summed E-state index contributed by atoms with van der Waals surface area (Å²) in [6.07, 6.45) is 2.39. The molecular formula is C20H36IN5O. The summed E-state index contributed by atoms with van der Waals surface area (Å²) in [5.74, 6) is 1.75. The molecule has 1 heterocycles. The van der Waals surface area contributed by atoms with Crippen LogP contribution >= 0.6 is 24.0 Å². The predicted molar refractivity (Wildman–Crippen MR) is 125 cm³/mol. The van der Waals surface area contributed by atoms with Gasteiger partial charge in [-0.1, -0.05) is 25.1 Å². The van der Waals surface area contributed by atoms with E-state index in [0.29, 0.717) is 6.61 Å². The topological polar surface area (TPSA) is 52.1 Å². The molecule has 2 N–H and O–H groups in total. The van der Waals surface area contributed by atoms with E-state index in [1.54, 1.807) is 7.05 Å². The molecule has 0 aliphatic carbocycles. The molecule has 0 atom stereocenters. The number of halogens is 1. The molecule has 0 spiro atoms. The molecule has 0 amide bonds. The van der Waals surface area contributed by atoms with E-state index in [0.717, 1.165) is 31.2 Å². The second-order valence-corrected chi connectivity index (χ2v) is 6.57. The molecule has 0 saturated carbocycles. The van der Waals surface area contributed by atoms with Crippen LogP contribution in [0.1, 0.15) is 19.8 Å². The van der Waals surface area contributed by atoms with Crippen molar-refractivity contribution in [3.63, 3.8) is 0 Å². The van der Waals surface area contributed by atoms with Crippen molar-refractivity contribution < 1.29 is 4.74 Å². The number of para-hydroxylation sites is 1. The van der Waals surface area contributed by atoms with Gasteiger partial charge in [-0.25, -0.2) is 0 Å². The van der Waals surface area contributed by atoms with Gasteiger partial charge >= 0.3 is 0 Å². The number of benzene rings is 1. The molecule has 27 heavy (non-hydrogen) atoms. The second-order valence-electron chi connectivity index (χ2n) is 6.57. The van der Waals surface area contributed by atoms with E-state index in [9.17, 15) is 0 Å². The number of ether oxygens (including phenoxy) is 1. The fourth-order valence-electron chi connectivity index (χ4n) is 3.07. The minimum Gasteiger partial charge on any atom is -0.492 e. The number of rotatable bonds is 10. The number of unbranched alkanes of at least 4 members (excludes halogenated alkanes) is 1. The van der Waals surface area contributed by atoms with Crippen LogP contribution < -0.4 is 15.4 Å². The normalized spacial score (nSPS) is 15.9. The van der Waals surface area contributed by atoms with Gasteiger partial charge in [-0.15, -0.1) is 24.0 Å². The highest BCUT2D eigenvalue weighted by Gasteiger charge is 2.14.